The largest absolute Gasteiger partial charge is 0.481 e. The van der Waals surface area contributed by atoms with E-state index in [0.29, 0.717) is 18.4 Å². The molecule has 0 fully saturated rings. The smallest absolute Gasteiger partial charge is 0.314 e. The Kier molecular flexibility index (Phi) is 5.54. The summed E-state index contributed by atoms with van der Waals surface area (Å²) in [5.41, 5.74) is 1.44. The third kappa shape index (κ3) is 3.78. The van der Waals surface area contributed by atoms with E-state index in [9.17, 15) is 9.90 Å². The van der Waals surface area contributed by atoms with Crippen LogP contribution in [0, 0.1) is 11.3 Å². The van der Waals surface area contributed by atoms with Gasteiger partial charge in [0, 0.05) is 0 Å². The molecule has 0 aliphatic rings. The van der Waals surface area contributed by atoms with Crippen LogP contribution < -0.4 is 0 Å². The molecule has 0 unspecified atom stereocenters. The number of carboxylic acid groups (broad SMARTS) is 1. The Balaban J connectivity index is 2.42. The van der Waals surface area contributed by atoms with Crippen molar-refractivity contribution >= 4 is 5.97 Å². The Morgan fingerprint density at radius 1 is 1.13 bits per heavy atom. The number of unbranched alkanes of at least 4 members (excludes halogenated alkanes) is 1. The molecule has 118 valence electrons. The zero-order valence-electron chi connectivity index (χ0n) is 13.3. The zero-order valence-corrected chi connectivity index (χ0v) is 13.3. The second-order valence-corrected chi connectivity index (χ2v) is 5.84. The normalized spacial score (nSPS) is 13.0. The monoisotopic (exact) mass is 307 g/mol. The molecular formula is C20H21NO2. The van der Waals surface area contributed by atoms with Crippen LogP contribution in [0.5, 0.6) is 0 Å². The molecule has 0 saturated carbocycles. The maximum atomic E-state index is 12.2. The molecule has 0 heterocycles. The van der Waals surface area contributed by atoms with E-state index in [0.717, 1.165) is 24.0 Å². The fraction of sp³-hybridized carbons (Fsp3) is 0.300. The first-order valence-corrected chi connectivity index (χ1v) is 7.90. The molecule has 3 nitrogen and oxygen atoms in total. The van der Waals surface area contributed by atoms with Crippen LogP contribution in [0.1, 0.15) is 42.9 Å². The zero-order chi connectivity index (χ0) is 16.7. The Morgan fingerprint density at radius 3 is 2.30 bits per heavy atom. The van der Waals surface area contributed by atoms with Gasteiger partial charge in [0.1, 0.15) is 0 Å². The van der Waals surface area contributed by atoms with E-state index in [4.69, 9.17) is 5.26 Å². The van der Waals surface area contributed by atoms with Crippen LogP contribution in [-0.4, -0.2) is 11.1 Å². The SMILES string of the molecule is CCCC[C@](Cc1ccc(C#N)cc1)(C(=O)O)c1ccccc1. The molecule has 0 radical (unpaired) electrons. The Bertz CT molecular complexity index is 686. The third-order valence-corrected chi connectivity index (χ3v) is 4.28. The van der Waals surface area contributed by atoms with Crippen LogP contribution in [0.2, 0.25) is 0 Å². The van der Waals surface area contributed by atoms with Crippen molar-refractivity contribution in [2.75, 3.05) is 0 Å². The van der Waals surface area contributed by atoms with Gasteiger partial charge in [0.05, 0.1) is 17.0 Å². The lowest BCUT2D eigenvalue weighted by Crippen LogP contribution is -2.38. The standard InChI is InChI=1S/C20H21NO2/c1-2-3-13-20(19(22)23,18-7-5-4-6-8-18)14-16-9-11-17(15-21)12-10-16/h4-12H,2-3,13-14H2,1H3,(H,22,23)/t20-/m1/s1. The van der Waals surface area contributed by atoms with Crippen molar-refractivity contribution in [2.24, 2.45) is 0 Å². The first-order chi connectivity index (χ1) is 11.1. The highest BCUT2D eigenvalue weighted by atomic mass is 16.4. The predicted molar refractivity (Wildman–Crippen MR) is 90.1 cm³/mol. The summed E-state index contributed by atoms with van der Waals surface area (Å²) in [5, 5.41) is 18.9. The van der Waals surface area contributed by atoms with E-state index in [-0.39, 0.29) is 0 Å². The van der Waals surface area contributed by atoms with Gasteiger partial charge in [0.2, 0.25) is 0 Å². The molecule has 3 heteroatoms. The summed E-state index contributed by atoms with van der Waals surface area (Å²) in [5.74, 6) is -0.790. The van der Waals surface area contributed by atoms with Gasteiger partial charge in [-0.15, -0.1) is 0 Å². The number of aliphatic carboxylic acids is 1. The van der Waals surface area contributed by atoms with Gasteiger partial charge in [0.25, 0.3) is 0 Å². The molecule has 0 aliphatic heterocycles. The Hall–Kier alpha value is -2.60. The summed E-state index contributed by atoms with van der Waals surface area (Å²) < 4.78 is 0. The fourth-order valence-electron chi connectivity index (χ4n) is 2.92. The Labute approximate surface area is 137 Å². The quantitative estimate of drug-likeness (QED) is 0.829. The highest BCUT2D eigenvalue weighted by Crippen LogP contribution is 2.34. The summed E-state index contributed by atoms with van der Waals surface area (Å²) >= 11 is 0. The van der Waals surface area contributed by atoms with E-state index in [2.05, 4.69) is 13.0 Å². The number of carboxylic acids is 1. The average Bonchev–Trinajstić information content (AvgIpc) is 2.59. The Morgan fingerprint density at radius 2 is 1.78 bits per heavy atom. The molecule has 0 amide bonds. The van der Waals surface area contributed by atoms with Crippen molar-refractivity contribution in [3.8, 4) is 6.07 Å². The fourth-order valence-corrected chi connectivity index (χ4v) is 2.92. The van der Waals surface area contributed by atoms with Gasteiger partial charge in [-0.25, -0.2) is 0 Å². The molecule has 2 aromatic carbocycles. The predicted octanol–water partition coefficient (Wildman–Crippen LogP) is 4.31. The third-order valence-electron chi connectivity index (χ3n) is 4.28. The van der Waals surface area contributed by atoms with E-state index in [1.54, 1.807) is 12.1 Å². The summed E-state index contributed by atoms with van der Waals surface area (Å²) in [7, 11) is 0. The molecule has 2 aromatic rings. The number of nitrogens with zero attached hydrogens (tertiary/aromatic N) is 1. The van der Waals surface area contributed by atoms with Crippen LogP contribution >= 0.6 is 0 Å². The van der Waals surface area contributed by atoms with Crippen molar-refractivity contribution in [3.63, 3.8) is 0 Å². The first kappa shape index (κ1) is 16.8. The summed E-state index contributed by atoms with van der Waals surface area (Å²) in [6.07, 6.45) is 2.84. The van der Waals surface area contributed by atoms with Gasteiger partial charge >= 0.3 is 5.97 Å². The highest BCUT2D eigenvalue weighted by molar-refractivity contribution is 5.82. The topological polar surface area (TPSA) is 61.1 Å². The lowest BCUT2D eigenvalue weighted by Gasteiger charge is -2.30. The summed E-state index contributed by atoms with van der Waals surface area (Å²) in [6, 6.07) is 18.7. The molecule has 0 aromatic heterocycles. The maximum absolute atomic E-state index is 12.2. The second-order valence-electron chi connectivity index (χ2n) is 5.84. The molecule has 0 bridgehead atoms. The van der Waals surface area contributed by atoms with Gasteiger partial charge in [-0.3, -0.25) is 4.79 Å². The molecule has 23 heavy (non-hydrogen) atoms. The number of carbonyl (C=O) groups is 1. The van der Waals surface area contributed by atoms with Crippen molar-refractivity contribution in [1.82, 2.24) is 0 Å². The van der Waals surface area contributed by atoms with E-state index < -0.39 is 11.4 Å². The van der Waals surface area contributed by atoms with Crippen molar-refractivity contribution in [3.05, 3.63) is 71.3 Å². The molecular weight excluding hydrogens is 286 g/mol. The van der Waals surface area contributed by atoms with E-state index in [1.807, 2.05) is 42.5 Å². The van der Waals surface area contributed by atoms with Gasteiger partial charge in [-0.1, -0.05) is 62.2 Å². The van der Waals surface area contributed by atoms with E-state index >= 15 is 0 Å². The van der Waals surface area contributed by atoms with Crippen molar-refractivity contribution in [2.45, 2.75) is 38.0 Å². The number of nitriles is 1. The summed E-state index contributed by atoms with van der Waals surface area (Å²) in [4.78, 5) is 12.2. The van der Waals surface area contributed by atoms with Crippen LogP contribution in [0.25, 0.3) is 0 Å². The average molecular weight is 307 g/mol. The lowest BCUT2D eigenvalue weighted by molar-refractivity contribution is -0.144. The van der Waals surface area contributed by atoms with Crippen LogP contribution in [0.15, 0.2) is 54.6 Å². The number of hydrogen-bond donors (Lipinski definition) is 1. The van der Waals surface area contributed by atoms with Gasteiger partial charge in [-0.05, 0) is 36.1 Å². The van der Waals surface area contributed by atoms with Crippen LogP contribution in [0.4, 0.5) is 0 Å². The van der Waals surface area contributed by atoms with Crippen molar-refractivity contribution < 1.29 is 9.90 Å². The van der Waals surface area contributed by atoms with Gasteiger partial charge in [-0.2, -0.15) is 5.26 Å². The first-order valence-electron chi connectivity index (χ1n) is 7.90. The molecule has 0 aliphatic carbocycles. The molecule has 1 N–H and O–H groups in total. The van der Waals surface area contributed by atoms with E-state index in [1.165, 1.54) is 0 Å². The number of benzene rings is 2. The van der Waals surface area contributed by atoms with Crippen LogP contribution in [0.3, 0.4) is 0 Å². The molecule has 1 atom stereocenters. The molecule has 0 saturated heterocycles. The van der Waals surface area contributed by atoms with Gasteiger partial charge in [0.15, 0.2) is 0 Å². The molecule has 0 spiro atoms. The minimum absolute atomic E-state index is 0.429. The van der Waals surface area contributed by atoms with Crippen molar-refractivity contribution in [1.29, 1.82) is 5.26 Å². The highest BCUT2D eigenvalue weighted by Gasteiger charge is 2.39. The summed E-state index contributed by atoms with van der Waals surface area (Å²) in [6.45, 7) is 2.07. The maximum Gasteiger partial charge on any atom is 0.314 e. The minimum Gasteiger partial charge on any atom is -0.481 e. The van der Waals surface area contributed by atoms with Gasteiger partial charge < -0.3 is 5.11 Å². The minimum atomic E-state index is -0.925. The number of hydrogen-bond acceptors (Lipinski definition) is 2. The second kappa shape index (κ2) is 7.60. The van der Waals surface area contributed by atoms with Crippen LogP contribution in [-0.2, 0) is 16.6 Å². The number of rotatable bonds is 7. The lowest BCUT2D eigenvalue weighted by atomic mass is 9.72. The molecule has 2 rings (SSSR count).